The molecular weight excluding hydrogens is 218 g/mol. The average molecular weight is 239 g/mol. The molecule has 1 nitrogen and oxygen atoms in total. The van der Waals surface area contributed by atoms with Gasteiger partial charge in [0.15, 0.2) is 0 Å². The fourth-order valence-corrected chi connectivity index (χ4v) is 2.27. The molecule has 0 bridgehead atoms. The molecule has 0 aliphatic carbocycles. The average Bonchev–Trinajstić information content (AvgIpc) is 2.34. The van der Waals surface area contributed by atoms with Crippen molar-refractivity contribution in [3.8, 4) is 0 Å². The second-order valence-corrected chi connectivity index (χ2v) is 5.04. The summed E-state index contributed by atoms with van der Waals surface area (Å²) in [6.45, 7) is 8.65. The summed E-state index contributed by atoms with van der Waals surface area (Å²) in [5, 5.41) is 3.61. The van der Waals surface area contributed by atoms with Crippen LogP contribution in [0.4, 0.5) is 5.69 Å². The SMILES string of the molecule is Cc1ccc(C)c(NC(C)c2ccccc2C)c1. The van der Waals surface area contributed by atoms with Crippen molar-refractivity contribution in [2.75, 3.05) is 5.32 Å². The number of anilines is 1. The minimum atomic E-state index is 0.326. The molecule has 2 aromatic carbocycles. The molecule has 2 aromatic rings. The fraction of sp³-hybridized carbons (Fsp3) is 0.294. The molecule has 0 heterocycles. The van der Waals surface area contributed by atoms with Crippen molar-refractivity contribution in [1.82, 2.24) is 0 Å². The van der Waals surface area contributed by atoms with Gasteiger partial charge in [0.05, 0.1) is 0 Å². The molecule has 0 aliphatic heterocycles. The molecule has 0 radical (unpaired) electrons. The molecule has 0 aliphatic rings. The van der Waals surface area contributed by atoms with Crippen LogP contribution in [0.15, 0.2) is 42.5 Å². The van der Waals surface area contributed by atoms with Crippen LogP contribution >= 0.6 is 0 Å². The first-order valence-corrected chi connectivity index (χ1v) is 6.47. The van der Waals surface area contributed by atoms with Gasteiger partial charge in [0.25, 0.3) is 0 Å². The lowest BCUT2D eigenvalue weighted by atomic mass is 10.0. The predicted octanol–water partition coefficient (Wildman–Crippen LogP) is 4.78. The van der Waals surface area contributed by atoms with Gasteiger partial charge in [-0.25, -0.2) is 0 Å². The van der Waals surface area contributed by atoms with Crippen LogP contribution in [0.2, 0.25) is 0 Å². The van der Waals surface area contributed by atoms with Crippen LogP contribution in [-0.2, 0) is 0 Å². The molecule has 2 rings (SSSR count). The van der Waals surface area contributed by atoms with Gasteiger partial charge in [-0.2, -0.15) is 0 Å². The van der Waals surface area contributed by atoms with Gasteiger partial charge >= 0.3 is 0 Å². The highest BCUT2D eigenvalue weighted by Gasteiger charge is 2.08. The number of benzene rings is 2. The molecule has 1 heteroatoms. The maximum absolute atomic E-state index is 3.61. The predicted molar refractivity (Wildman–Crippen MR) is 79.1 cm³/mol. The van der Waals surface area contributed by atoms with Gasteiger partial charge in [0.2, 0.25) is 0 Å². The summed E-state index contributed by atoms with van der Waals surface area (Å²) in [5.41, 5.74) is 6.51. The Bertz CT molecular complexity index is 543. The van der Waals surface area contributed by atoms with Crippen LogP contribution in [0, 0.1) is 20.8 Å². The maximum Gasteiger partial charge on any atom is 0.0488 e. The van der Waals surface area contributed by atoms with Gasteiger partial charge in [-0.05, 0) is 56.0 Å². The molecule has 1 N–H and O–H groups in total. The molecule has 1 atom stereocenters. The Kier molecular flexibility index (Phi) is 3.71. The van der Waals surface area contributed by atoms with Gasteiger partial charge in [-0.15, -0.1) is 0 Å². The largest absolute Gasteiger partial charge is 0.378 e. The van der Waals surface area contributed by atoms with E-state index in [1.54, 1.807) is 0 Å². The van der Waals surface area contributed by atoms with E-state index < -0.39 is 0 Å². The Balaban J connectivity index is 2.24. The van der Waals surface area contributed by atoms with Gasteiger partial charge in [0.1, 0.15) is 0 Å². The summed E-state index contributed by atoms with van der Waals surface area (Å²) in [7, 11) is 0. The number of nitrogens with one attached hydrogen (secondary N) is 1. The summed E-state index contributed by atoms with van der Waals surface area (Å²) in [4.78, 5) is 0. The summed E-state index contributed by atoms with van der Waals surface area (Å²) in [5.74, 6) is 0. The molecule has 0 amide bonds. The second kappa shape index (κ2) is 5.26. The van der Waals surface area contributed by atoms with Crippen molar-refractivity contribution in [3.63, 3.8) is 0 Å². The van der Waals surface area contributed by atoms with Crippen LogP contribution < -0.4 is 5.32 Å². The molecule has 18 heavy (non-hydrogen) atoms. The minimum absolute atomic E-state index is 0.326. The molecule has 0 saturated heterocycles. The highest BCUT2D eigenvalue weighted by Crippen LogP contribution is 2.24. The number of hydrogen-bond acceptors (Lipinski definition) is 1. The first-order valence-electron chi connectivity index (χ1n) is 6.47. The molecule has 0 spiro atoms. The van der Waals surface area contributed by atoms with E-state index >= 15 is 0 Å². The molecule has 1 unspecified atom stereocenters. The molecule has 0 saturated carbocycles. The Morgan fingerprint density at radius 3 is 2.33 bits per heavy atom. The molecular formula is C17H21N. The van der Waals surface area contributed by atoms with Crippen molar-refractivity contribution in [3.05, 3.63) is 64.7 Å². The summed E-state index contributed by atoms with van der Waals surface area (Å²) >= 11 is 0. The van der Waals surface area contributed by atoms with E-state index in [-0.39, 0.29) is 0 Å². The Hall–Kier alpha value is -1.76. The molecule has 0 fully saturated rings. The lowest BCUT2D eigenvalue weighted by molar-refractivity contribution is 0.872. The smallest absolute Gasteiger partial charge is 0.0488 e. The van der Waals surface area contributed by atoms with E-state index in [0.717, 1.165) is 0 Å². The van der Waals surface area contributed by atoms with Crippen LogP contribution in [0.5, 0.6) is 0 Å². The quantitative estimate of drug-likeness (QED) is 0.812. The minimum Gasteiger partial charge on any atom is -0.378 e. The van der Waals surface area contributed by atoms with Crippen LogP contribution in [0.3, 0.4) is 0 Å². The molecule has 0 aromatic heterocycles. The highest BCUT2D eigenvalue weighted by atomic mass is 14.9. The van der Waals surface area contributed by atoms with E-state index in [0.29, 0.717) is 6.04 Å². The van der Waals surface area contributed by atoms with Crippen molar-refractivity contribution in [2.45, 2.75) is 33.7 Å². The van der Waals surface area contributed by atoms with Gasteiger partial charge in [-0.3, -0.25) is 0 Å². The lowest BCUT2D eigenvalue weighted by Gasteiger charge is -2.19. The Morgan fingerprint density at radius 2 is 1.61 bits per heavy atom. The van der Waals surface area contributed by atoms with Crippen molar-refractivity contribution < 1.29 is 0 Å². The molecule has 94 valence electrons. The third-order valence-electron chi connectivity index (χ3n) is 3.42. The maximum atomic E-state index is 3.61. The summed E-state index contributed by atoms with van der Waals surface area (Å²) in [6.07, 6.45) is 0. The zero-order valence-electron chi connectivity index (χ0n) is 11.6. The monoisotopic (exact) mass is 239 g/mol. The fourth-order valence-electron chi connectivity index (χ4n) is 2.27. The summed E-state index contributed by atoms with van der Waals surface area (Å²) < 4.78 is 0. The van der Waals surface area contributed by atoms with Crippen molar-refractivity contribution in [1.29, 1.82) is 0 Å². The lowest BCUT2D eigenvalue weighted by Crippen LogP contribution is -2.09. The van der Waals surface area contributed by atoms with Gasteiger partial charge in [0, 0.05) is 11.7 Å². The normalized spacial score (nSPS) is 12.2. The third-order valence-corrected chi connectivity index (χ3v) is 3.42. The Labute approximate surface area is 110 Å². The van der Waals surface area contributed by atoms with Crippen LogP contribution in [0.1, 0.15) is 35.2 Å². The zero-order valence-corrected chi connectivity index (χ0v) is 11.6. The van der Waals surface area contributed by atoms with Gasteiger partial charge in [-0.1, -0.05) is 36.4 Å². The van der Waals surface area contributed by atoms with Crippen molar-refractivity contribution in [2.24, 2.45) is 0 Å². The van der Waals surface area contributed by atoms with E-state index in [2.05, 4.69) is 75.5 Å². The number of hydrogen-bond donors (Lipinski definition) is 1. The van der Waals surface area contributed by atoms with E-state index in [1.165, 1.54) is 27.9 Å². The Morgan fingerprint density at radius 1 is 0.889 bits per heavy atom. The highest BCUT2D eigenvalue weighted by molar-refractivity contribution is 5.54. The first kappa shape index (κ1) is 12.7. The number of aryl methyl sites for hydroxylation is 3. The topological polar surface area (TPSA) is 12.0 Å². The van der Waals surface area contributed by atoms with Crippen LogP contribution in [-0.4, -0.2) is 0 Å². The summed E-state index contributed by atoms with van der Waals surface area (Å²) in [6, 6.07) is 15.4. The first-order chi connectivity index (χ1) is 8.58. The van der Waals surface area contributed by atoms with E-state index in [1.807, 2.05) is 0 Å². The van der Waals surface area contributed by atoms with E-state index in [9.17, 15) is 0 Å². The number of rotatable bonds is 3. The van der Waals surface area contributed by atoms with E-state index in [4.69, 9.17) is 0 Å². The van der Waals surface area contributed by atoms with Crippen molar-refractivity contribution >= 4 is 5.69 Å². The standard InChI is InChI=1S/C17H21N/c1-12-9-10-14(3)17(11-12)18-15(4)16-8-6-5-7-13(16)2/h5-11,15,18H,1-4H3. The van der Waals surface area contributed by atoms with Crippen LogP contribution in [0.25, 0.3) is 0 Å². The van der Waals surface area contributed by atoms with Gasteiger partial charge < -0.3 is 5.32 Å². The third kappa shape index (κ3) is 2.73. The zero-order chi connectivity index (χ0) is 13.1. The second-order valence-electron chi connectivity index (χ2n) is 5.04.